The number of H-pyrrole nitrogens is 1. The number of carbonyl (C=O) groups is 1. The standard InChI is InChI=1S/C20H23N3O.ClH/c1-14-7-9-15(10-8-14)13-23(2)20(24)18(21)11-16-12-22-19-6-4-3-5-17(16)19;/h3-10,12,18,22H,11,13,21H2,1-2H3;1H/t18-;/m0./s1. The fourth-order valence-electron chi connectivity index (χ4n) is 2.95. The van der Waals surface area contributed by atoms with Crippen LogP contribution in [0.5, 0.6) is 0 Å². The number of fused-ring (bicyclic) bond motifs is 1. The van der Waals surface area contributed by atoms with Crippen molar-refractivity contribution in [3.63, 3.8) is 0 Å². The summed E-state index contributed by atoms with van der Waals surface area (Å²) in [6, 6.07) is 15.7. The number of aromatic nitrogens is 1. The van der Waals surface area contributed by atoms with E-state index in [9.17, 15) is 4.79 Å². The molecule has 1 heterocycles. The van der Waals surface area contributed by atoms with Gasteiger partial charge in [0, 0.05) is 30.7 Å². The predicted octanol–water partition coefficient (Wildman–Crippen LogP) is 3.43. The van der Waals surface area contributed by atoms with E-state index in [2.05, 4.69) is 24.0 Å². The second-order valence-electron chi connectivity index (χ2n) is 6.35. The average Bonchev–Trinajstić information content (AvgIpc) is 2.99. The van der Waals surface area contributed by atoms with E-state index in [1.54, 1.807) is 11.9 Å². The molecule has 0 bridgehead atoms. The van der Waals surface area contributed by atoms with Gasteiger partial charge in [-0.1, -0.05) is 48.0 Å². The van der Waals surface area contributed by atoms with Gasteiger partial charge in [-0.3, -0.25) is 4.79 Å². The summed E-state index contributed by atoms with van der Waals surface area (Å²) in [6.45, 7) is 2.62. The molecule has 4 nitrogen and oxygen atoms in total. The van der Waals surface area contributed by atoms with Gasteiger partial charge in [0.05, 0.1) is 6.04 Å². The largest absolute Gasteiger partial charge is 0.361 e. The van der Waals surface area contributed by atoms with Crippen molar-refractivity contribution in [3.8, 4) is 0 Å². The highest BCUT2D eigenvalue weighted by Crippen LogP contribution is 2.19. The topological polar surface area (TPSA) is 62.1 Å². The number of nitrogens with one attached hydrogen (secondary N) is 1. The lowest BCUT2D eigenvalue weighted by Gasteiger charge is -2.21. The van der Waals surface area contributed by atoms with Crippen LogP contribution in [0.25, 0.3) is 10.9 Å². The highest BCUT2D eigenvalue weighted by molar-refractivity contribution is 5.86. The number of hydrogen-bond acceptors (Lipinski definition) is 2. The van der Waals surface area contributed by atoms with Gasteiger partial charge in [-0.2, -0.15) is 0 Å². The van der Waals surface area contributed by atoms with Gasteiger partial charge < -0.3 is 15.6 Å². The number of likely N-dealkylation sites (N-methyl/N-ethyl adjacent to an activating group) is 1. The van der Waals surface area contributed by atoms with E-state index in [1.165, 1.54) is 5.56 Å². The summed E-state index contributed by atoms with van der Waals surface area (Å²) >= 11 is 0. The molecule has 5 heteroatoms. The van der Waals surface area contributed by atoms with Gasteiger partial charge >= 0.3 is 0 Å². The van der Waals surface area contributed by atoms with Crippen molar-refractivity contribution in [3.05, 3.63) is 71.4 Å². The number of amides is 1. The average molecular weight is 358 g/mol. The molecule has 3 aromatic rings. The molecule has 132 valence electrons. The molecule has 0 saturated heterocycles. The number of aryl methyl sites for hydroxylation is 1. The maximum Gasteiger partial charge on any atom is 0.239 e. The minimum Gasteiger partial charge on any atom is -0.361 e. The third kappa shape index (κ3) is 4.41. The zero-order valence-corrected chi connectivity index (χ0v) is 15.3. The third-order valence-corrected chi connectivity index (χ3v) is 4.35. The zero-order chi connectivity index (χ0) is 17.1. The summed E-state index contributed by atoms with van der Waals surface area (Å²) in [5.74, 6) is -0.0409. The van der Waals surface area contributed by atoms with Crippen molar-refractivity contribution in [2.45, 2.75) is 25.9 Å². The number of carbonyl (C=O) groups excluding carboxylic acids is 1. The van der Waals surface area contributed by atoms with Crippen molar-refractivity contribution in [2.75, 3.05) is 7.05 Å². The van der Waals surface area contributed by atoms with E-state index in [0.717, 1.165) is 22.0 Å². The molecule has 0 spiro atoms. The molecule has 0 aliphatic heterocycles. The normalized spacial score (nSPS) is 11.8. The minimum atomic E-state index is -0.542. The lowest BCUT2D eigenvalue weighted by molar-refractivity contribution is -0.131. The van der Waals surface area contributed by atoms with Gasteiger partial charge in [-0.25, -0.2) is 0 Å². The highest BCUT2D eigenvalue weighted by Gasteiger charge is 2.20. The SMILES string of the molecule is Cc1ccc(CN(C)C(=O)[C@@H](N)Cc2c[nH]c3ccccc23)cc1.Cl. The summed E-state index contributed by atoms with van der Waals surface area (Å²) in [6.07, 6.45) is 2.47. The maximum atomic E-state index is 12.6. The van der Waals surface area contributed by atoms with Crippen LogP contribution in [-0.2, 0) is 17.8 Å². The van der Waals surface area contributed by atoms with Crippen molar-refractivity contribution in [1.29, 1.82) is 0 Å². The molecule has 0 saturated carbocycles. The Balaban J connectivity index is 0.00000225. The van der Waals surface area contributed by atoms with Gasteiger partial charge in [0.1, 0.15) is 0 Å². The zero-order valence-electron chi connectivity index (χ0n) is 14.5. The van der Waals surface area contributed by atoms with E-state index < -0.39 is 6.04 Å². The monoisotopic (exact) mass is 357 g/mol. The lowest BCUT2D eigenvalue weighted by Crippen LogP contribution is -2.42. The molecule has 3 N–H and O–H groups in total. The molecular weight excluding hydrogens is 334 g/mol. The van der Waals surface area contributed by atoms with Gasteiger partial charge in [-0.05, 0) is 30.5 Å². The number of hydrogen-bond donors (Lipinski definition) is 2. The molecule has 1 aromatic heterocycles. The summed E-state index contributed by atoms with van der Waals surface area (Å²) in [5, 5.41) is 1.13. The van der Waals surface area contributed by atoms with Crippen molar-refractivity contribution >= 4 is 29.2 Å². The molecule has 0 fully saturated rings. The highest BCUT2D eigenvalue weighted by atomic mass is 35.5. The number of aromatic amines is 1. The maximum absolute atomic E-state index is 12.6. The first-order valence-corrected chi connectivity index (χ1v) is 8.15. The number of benzene rings is 2. The number of para-hydroxylation sites is 1. The molecule has 0 aliphatic rings. The number of rotatable bonds is 5. The second kappa shape index (κ2) is 8.19. The quantitative estimate of drug-likeness (QED) is 0.734. The van der Waals surface area contributed by atoms with Gasteiger partial charge in [-0.15, -0.1) is 12.4 Å². The molecule has 25 heavy (non-hydrogen) atoms. The minimum absolute atomic E-state index is 0. The Labute approximate surface area is 154 Å². The van der Waals surface area contributed by atoms with E-state index in [-0.39, 0.29) is 18.3 Å². The number of nitrogens with zero attached hydrogens (tertiary/aromatic N) is 1. The summed E-state index contributed by atoms with van der Waals surface area (Å²) in [5.41, 5.74) is 10.6. The Morgan fingerprint density at radius 3 is 2.56 bits per heavy atom. The fourth-order valence-corrected chi connectivity index (χ4v) is 2.95. The Morgan fingerprint density at radius 2 is 1.84 bits per heavy atom. The Morgan fingerprint density at radius 1 is 1.16 bits per heavy atom. The van der Waals surface area contributed by atoms with E-state index in [1.807, 2.05) is 42.6 Å². The van der Waals surface area contributed by atoms with Crippen LogP contribution >= 0.6 is 12.4 Å². The number of nitrogens with two attached hydrogens (primary N) is 1. The van der Waals surface area contributed by atoms with Crippen LogP contribution in [0.4, 0.5) is 0 Å². The summed E-state index contributed by atoms with van der Waals surface area (Å²) < 4.78 is 0. The van der Waals surface area contributed by atoms with Crippen LogP contribution in [-0.4, -0.2) is 28.9 Å². The molecule has 2 aromatic carbocycles. The smallest absolute Gasteiger partial charge is 0.239 e. The van der Waals surface area contributed by atoms with Crippen molar-refractivity contribution in [2.24, 2.45) is 5.73 Å². The van der Waals surface area contributed by atoms with Crippen LogP contribution in [0.3, 0.4) is 0 Å². The van der Waals surface area contributed by atoms with Crippen molar-refractivity contribution < 1.29 is 4.79 Å². The van der Waals surface area contributed by atoms with E-state index in [0.29, 0.717) is 13.0 Å². The van der Waals surface area contributed by atoms with Crippen LogP contribution in [0, 0.1) is 6.92 Å². The molecule has 1 atom stereocenters. The first-order chi connectivity index (χ1) is 11.5. The van der Waals surface area contributed by atoms with Gasteiger partial charge in [0.25, 0.3) is 0 Å². The summed E-state index contributed by atoms with van der Waals surface area (Å²) in [4.78, 5) is 17.5. The van der Waals surface area contributed by atoms with Crippen LogP contribution in [0.15, 0.2) is 54.7 Å². The van der Waals surface area contributed by atoms with E-state index >= 15 is 0 Å². The molecule has 0 radical (unpaired) electrons. The van der Waals surface area contributed by atoms with Crippen LogP contribution < -0.4 is 5.73 Å². The molecule has 0 unspecified atom stereocenters. The van der Waals surface area contributed by atoms with Crippen molar-refractivity contribution in [1.82, 2.24) is 9.88 Å². The first-order valence-electron chi connectivity index (χ1n) is 8.15. The third-order valence-electron chi connectivity index (χ3n) is 4.35. The second-order valence-corrected chi connectivity index (χ2v) is 6.35. The Hall–Kier alpha value is -2.30. The fraction of sp³-hybridized carbons (Fsp3) is 0.250. The molecule has 1 amide bonds. The Bertz CT molecular complexity index is 842. The Kier molecular flexibility index (Phi) is 6.23. The first kappa shape index (κ1) is 19.0. The lowest BCUT2D eigenvalue weighted by atomic mass is 10.0. The van der Waals surface area contributed by atoms with Crippen LogP contribution in [0.2, 0.25) is 0 Å². The molecule has 3 rings (SSSR count). The van der Waals surface area contributed by atoms with Gasteiger partial charge in [0.2, 0.25) is 5.91 Å². The van der Waals surface area contributed by atoms with Crippen LogP contribution in [0.1, 0.15) is 16.7 Å². The van der Waals surface area contributed by atoms with Gasteiger partial charge in [0.15, 0.2) is 0 Å². The molecule has 0 aliphatic carbocycles. The summed E-state index contributed by atoms with van der Waals surface area (Å²) in [7, 11) is 1.80. The predicted molar refractivity (Wildman–Crippen MR) is 105 cm³/mol. The molecular formula is C20H24ClN3O. The number of halogens is 1. The van der Waals surface area contributed by atoms with E-state index in [4.69, 9.17) is 5.73 Å².